The van der Waals surface area contributed by atoms with E-state index in [1.165, 1.54) is 23.1 Å². The number of benzene rings is 1. The summed E-state index contributed by atoms with van der Waals surface area (Å²) >= 11 is 3.20. The van der Waals surface area contributed by atoms with Crippen molar-refractivity contribution in [3.8, 4) is 6.07 Å². The van der Waals surface area contributed by atoms with Crippen molar-refractivity contribution in [1.29, 1.82) is 5.26 Å². The summed E-state index contributed by atoms with van der Waals surface area (Å²) in [6, 6.07) is 6.41. The van der Waals surface area contributed by atoms with Gasteiger partial charge in [-0.15, -0.1) is 0 Å². The van der Waals surface area contributed by atoms with Gasteiger partial charge in [0.25, 0.3) is 0 Å². The number of nitriles is 1. The number of hydrogen-bond donors (Lipinski definition) is 1. The molecule has 0 saturated carbocycles. The van der Waals surface area contributed by atoms with Crippen LogP contribution >= 0.6 is 15.9 Å². The summed E-state index contributed by atoms with van der Waals surface area (Å²) in [6.07, 6.45) is -4.56. The van der Waals surface area contributed by atoms with E-state index in [0.717, 1.165) is 0 Å². The maximum Gasteiger partial charge on any atom is 0.394 e. The molecule has 1 saturated heterocycles. The van der Waals surface area contributed by atoms with E-state index in [1.807, 2.05) is 6.07 Å². The monoisotopic (exact) mass is 362 g/mol. The topological polar surface area (TPSA) is 64.3 Å². The molecule has 1 aromatic rings. The van der Waals surface area contributed by atoms with Crippen molar-refractivity contribution in [3.63, 3.8) is 0 Å². The highest BCUT2D eigenvalue weighted by atomic mass is 79.9. The number of nitrogens with zero attached hydrogens (tertiary/aromatic N) is 2. The Hall–Kier alpha value is -1.75. The molecule has 8 heteroatoms. The van der Waals surface area contributed by atoms with Crippen LogP contribution in [0, 0.1) is 23.2 Å². The Morgan fingerprint density at radius 2 is 2.10 bits per heavy atom. The Morgan fingerprint density at radius 3 is 2.52 bits per heavy atom. The van der Waals surface area contributed by atoms with Crippen molar-refractivity contribution in [2.75, 3.05) is 18.0 Å². The number of alkyl halides is 3. The third-order valence-corrected chi connectivity index (χ3v) is 4.11. The van der Waals surface area contributed by atoms with Gasteiger partial charge in [0.05, 0.1) is 29.2 Å². The normalized spacial score (nSPS) is 22.1. The first-order valence-corrected chi connectivity index (χ1v) is 6.77. The number of carbonyl (C=O) groups is 1. The van der Waals surface area contributed by atoms with Crippen LogP contribution in [0.3, 0.4) is 0 Å². The molecule has 2 atom stereocenters. The molecule has 1 aromatic carbocycles. The van der Waals surface area contributed by atoms with E-state index in [9.17, 15) is 18.0 Å². The van der Waals surface area contributed by atoms with E-state index in [0.29, 0.717) is 15.7 Å². The Bertz CT molecular complexity index is 612. The minimum Gasteiger partial charge on any atom is -0.481 e. The summed E-state index contributed by atoms with van der Waals surface area (Å²) in [4.78, 5) is 12.4. The van der Waals surface area contributed by atoms with Gasteiger partial charge in [-0.1, -0.05) is 0 Å². The second-order valence-corrected chi connectivity index (χ2v) is 5.63. The molecule has 0 aromatic heterocycles. The molecule has 1 fully saturated rings. The van der Waals surface area contributed by atoms with E-state index >= 15 is 0 Å². The van der Waals surface area contributed by atoms with E-state index in [4.69, 9.17) is 10.4 Å². The molecule has 4 nitrogen and oxygen atoms in total. The molecule has 112 valence electrons. The lowest BCUT2D eigenvalue weighted by molar-refractivity contribution is -0.187. The number of hydrogen-bond acceptors (Lipinski definition) is 3. The van der Waals surface area contributed by atoms with Crippen LogP contribution in [-0.2, 0) is 4.79 Å². The number of anilines is 1. The molecule has 0 bridgehead atoms. The van der Waals surface area contributed by atoms with Crippen LogP contribution in [0.5, 0.6) is 0 Å². The van der Waals surface area contributed by atoms with Gasteiger partial charge in [-0.05, 0) is 34.1 Å². The van der Waals surface area contributed by atoms with Gasteiger partial charge in [0.2, 0.25) is 0 Å². The summed E-state index contributed by atoms with van der Waals surface area (Å²) in [5.41, 5.74) is 0.818. The fourth-order valence-electron chi connectivity index (χ4n) is 2.42. The maximum absolute atomic E-state index is 12.9. The standard InChI is InChI=1S/C13H10BrF3N2O2/c14-10-3-7(4-18)1-2-11(10)19-5-8(12(20)21)9(6-19)13(15,16)17/h1-3,8-9H,5-6H2,(H,20,21)/t8-,9-/m1/s1. The van der Waals surface area contributed by atoms with Gasteiger partial charge in [0.1, 0.15) is 0 Å². The van der Waals surface area contributed by atoms with Crippen LogP contribution in [0.4, 0.5) is 18.9 Å². The molecular formula is C13H10BrF3N2O2. The molecule has 2 rings (SSSR count). The average molecular weight is 363 g/mol. The summed E-state index contributed by atoms with van der Waals surface area (Å²) in [5.74, 6) is -4.85. The van der Waals surface area contributed by atoms with Crippen molar-refractivity contribution in [2.24, 2.45) is 11.8 Å². The van der Waals surface area contributed by atoms with Crippen LogP contribution in [0.15, 0.2) is 22.7 Å². The van der Waals surface area contributed by atoms with Crippen LogP contribution in [0.2, 0.25) is 0 Å². The molecule has 1 heterocycles. The first-order valence-electron chi connectivity index (χ1n) is 5.98. The van der Waals surface area contributed by atoms with E-state index in [2.05, 4.69) is 15.9 Å². The Balaban J connectivity index is 2.31. The predicted octanol–water partition coefficient (Wildman–Crippen LogP) is 3.02. The van der Waals surface area contributed by atoms with Crippen LogP contribution in [0.25, 0.3) is 0 Å². The van der Waals surface area contributed by atoms with Crippen molar-refractivity contribution in [2.45, 2.75) is 6.18 Å². The molecule has 1 aliphatic heterocycles. The van der Waals surface area contributed by atoms with Gasteiger partial charge in [-0.2, -0.15) is 18.4 Å². The number of aliphatic carboxylic acids is 1. The molecule has 0 spiro atoms. The first-order chi connectivity index (χ1) is 9.74. The molecule has 0 radical (unpaired) electrons. The molecule has 0 aliphatic carbocycles. The van der Waals surface area contributed by atoms with E-state index < -0.39 is 30.5 Å². The maximum atomic E-state index is 12.9. The van der Waals surface area contributed by atoms with Gasteiger partial charge < -0.3 is 10.0 Å². The van der Waals surface area contributed by atoms with Crippen molar-refractivity contribution in [1.82, 2.24) is 0 Å². The summed E-state index contributed by atoms with van der Waals surface area (Å²) in [6.45, 7) is -0.630. The summed E-state index contributed by atoms with van der Waals surface area (Å²) in [5, 5.41) is 17.8. The highest BCUT2D eigenvalue weighted by molar-refractivity contribution is 9.10. The largest absolute Gasteiger partial charge is 0.481 e. The lowest BCUT2D eigenvalue weighted by Gasteiger charge is -2.21. The van der Waals surface area contributed by atoms with Crippen LogP contribution in [0.1, 0.15) is 5.56 Å². The first kappa shape index (κ1) is 15.6. The van der Waals surface area contributed by atoms with Crippen LogP contribution < -0.4 is 4.90 Å². The smallest absolute Gasteiger partial charge is 0.394 e. The third-order valence-electron chi connectivity index (χ3n) is 3.47. The number of carboxylic acid groups (broad SMARTS) is 1. The van der Waals surface area contributed by atoms with Gasteiger partial charge in [-0.3, -0.25) is 4.79 Å². The third kappa shape index (κ3) is 3.13. The zero-order valence-corrected chi connectivity index (χ0v) is 12.1. The van der Waals surface area contributed by atoms with Gasteiger partial charge >= 0.3 is 12.1 Å². The number of rotatable bonds is 2. The fraction of sp³-hybridized carbons (Fsp3) is 0.385. The fourth-order valence-corrected chi connectivity index (χ4v) is 3.04. The quantitative estimate of drug-likeness (QED) is 0.878. The van der Waals surface area contributed by atoms with E-state index in [-0.39, 0.29) is 6.54 Å². The highest BCUT2D eigenvalue weighted by Gasteiger charge is 2.52. The minimum atomic E-state index is -4.56. The lowest BCUT2D eigenvalue weighted by atomic mass is 9.96. The SMILES string of the molecule is N#Cc1ccc(N2C[C@@H](C(F)(F)F)[C@H](C(=O)O)C2)c(Br)c1. The van der Waals surface area contributed by atoms with Crippen molar-refractivity contribution >= 4 is 27.6 Å². The Kier molecular flexibility index (Phi) is 4.14. The summed E-state index contributed by atoms with van der Waals surface area (Å²) in [7, 11) is 0. The zero-order chi connectivity index (χ0) is 15.8. The summed E-state index contributed by atoms with van der Waals surface area (Å²) < 4.78 is 39.3. The lowest BCUT2D eigenvalue weighted by Crippen LogP contribution is -2.33. The molecule has 0 amide bonds. The molecule has 1 N–H and O–H groups in total. The molecule has 1 aliphatic rings. The zero-order valence-electron chi connectivity index (χ0n) is 10.6. The second-order valence-electron chi connectivity index (χ2n) is 4.78. The van der Waals surface area contributed by atoms with Gasteiger partial charge in [0, 0.05) is 17.6 Å². The number of halogens is 4. The predicted molar refractivity (Wildman–Crippen MR) is 71.7 cm³/mol. The molecular weight excluding hydrogens is 353 g/mol. The van der Waals surface area contributed by atoms with Gasteiger partial charge in [0.15, 0.2) is 0 Å². The Morgan fingerprint density at radius 1 is 1.43 bits per heavy atom. The highest BCUT2D eigenvalue weighted by Crippen LogP contribution is 2.41. The van der Waals surface area contributed by atoms with Crippen molar-refractivity contribution in [3.05, 3.63) is 28.2 Å². The van der Waals surface area contributed by atoms with Crippen molar-refractivity contribution < 1.29 is 23.1 Å². The van der Waals surface area contributed by atoms with Gasteiger partial charge in [-0.25, -0.2) is 0 Å². The number of carboxylic acids is 1. The molecule has 21 heavy (non-hydrogen) atoms. The minimum absolute atomic E-state index is 0.218. The second kappa shape index (κ2) is 5.56. The Labute approximate surface area is 126 Å². The molecule has 0 unspecified atom stereocenters. The average Bonchev–Trinajstić information content (AvgIpc) is 2.83. The van der Waals surface area contributed by atoms with E-state index in [1.54, 1.807) is 0 Å². The van der Waals surface area contributed by atoms with Crippen LogP contribution in [-0.4, -0.2) is 30.3 Å².